The summed E-state index contributed by atoms with van der Waals surface area (Å²) in [6.07, 6.45) is -3.95. The summed E-state index contributed by atoms with van der Waals surface area (Å²) in [4.78, 5) is 33.7. The molecule has 174 valence electrons. The van der Waals surface area contributed by atoms with E-state index in [0.717, 1.165) is 34.9 Å². The Labute approximate surface area is 192 Å². The van der Waals surface area contributed by atoms with E-state index in [4.69, 9.17) is 0 Å². The van der Waals surface area contributed by atoms with Crippen LogP contribution < -0.4 is 10.6 Å². The number of hydrogen-bond acceptors (Lipinski definition) is 4. The Morgan fingerprint density at radius 1 is 1.21 bits per heavy atom. The molecule has 2 aromatic carbocycles. The third kappa shape index (κ3) is 5.32. The van der Waals surface area contributed by atoms with Crippen LogP contribution in [-0.4, -0.2) is 27.0 Å². The van der Waals surface area contributed by atoms with Crippen molar-refractivity contribution in [3.8, 4) is 0 Å². The highest BCUT2D eigenvalue weighted by Crippen LogP contribution is 2.40. The number of rotatable bonds is 6. The largest absolute Gasteiger partial charge is 0.416 e. The van der Waals surface area contributed by atoms with Crippen molar-refractivity contribution in [1.82, 2.24) is 15.3 Å². The number of alkyl halides is 3. The highest BCUT2D eigenvalue weighted by molar-refractivity contribution is 8.01. The minimum Gasteiger partial charge on any atom is -0.346 e. The second-order valence-electron chi connectivity index (χ2n) is 8.40. The number of aromatic nitrogens is 2. The fourth-order valence-electron chi connectivity index (χ4n) is 3.73. The summed E-state index contributed by atoms with van der Waals surface area (Å²) in [5.74, 6) is 0.102. The maximum Gasteiger partial charge on any atom is 0.416 e. The molecule has 3 N–H and O–H groups in total. The molecule has 2 atom stereocenters. The number of anilines is 1. The summed E-state index contributed by atoms with van der Waals surface area (Å²) < 4.78 is 38.8. The molecule has 0 bridgehead atoms. The Morgan fingerprint density at radius 3 is 2.67 bits per heavy atom. The van der Waals surface area contributed by atoms with Gasteiger partial charge in [0.1, 0.15) is 5.82 Å². The number of carbonyl (C=O) groups excluding carboxylic acids is 2. The van der Waals surface area contributed by atoms with Gasteiger partial charge in [0.25, 0.3) is 0 Å². The average molecular weight is 477 g/mol. The fraction of sp³-hybridized carbons (Fsp3) is 0.348. The average Bonchev–Trinajstić information content (AvgIpc) is 3.17. The lowest BCUT2D eigenvalue weighted by atomic mass is 10.0. The lowest BCUT2D eigenvalue weighted by molar-refractivity contribution is -0.137. The molecule has 33 heavy (non-hydrogen) atoms. The van der Waals surface area contributed by atoms with Crippen LogP contribution in [0.15, 0.2) is 47.4 Å². The van der Waals surface area contributed by atoms with Gasteiger partial charge in [0.05, 0.1) is 33.6 Å². The van der Waals surface area contributed by atoms with Gasteiger partial charge in [-0.05, 0) is 42.7 Å². The van der Waals surface area contributed by atoms with Gasteiger partial charge in [-0.25, -0.2) is 4.98 Å². The summed E-state index contributed by atoms with van der Waals surface area (Å²) in [5.41, 5.74) is 0.942. The molecule has 3 aromatic rings. The summed E-state index contributed by atoms with van der Waals surface area (Å²) in [7, 11) is 0. The zero-order valence-electron chi connectivity index (χ0n) is 18.0. The molecule has 1 aromatic heterocycles. The molecule has 0 fully saturated rings. The summed E-state index contributed by atoms with van der Waals surface area (Å²) in [6.45, 7) is 4.08. The minimum atomic E-state index is -4.50. The van der Waals surface area contributed by atoms with E-state index in [1.165, 1.54) is 6.07 Å². The molecule has 0 saturated carbocycles. The second-order valence-corrected chi connectivity index (χ2v) is 9.64. The molecule has 4 rings (SSSR count). The molecule has 1 aliphatic rings. The third-order valence-electron chi connectivity index (χ3n) is 5.28. The van der Waals surface area contributed by atoms with Gasteiger partial charge >= 0.3 is 6.18 Å². The maximum atomic E-state index is 12.9. The Hall–Kier alpha value is -3.01. The first-order chi connectivity index (χ1) is 15.6. The molecular weight excluding hydrogens is 453 g/mol. The van der Waals surface area contributed by atoms with Gasteiger partial charge < -0.3 is 15.6 Å². The van der Waals surface area contributed by atoms with Gasteiger partial charge in [-0.15, -0.1) is 11.8 Å². The highest BCUT2D eigenvalue weighted by atomic mass is 32.2. The Morgan fingerprint density at radius 2 is 1.97 bits per heavy atom. The molecular formula is C23H23F3N4O2S. The number of halogens is 3. The van der Waals surface area contributed by atoms with Crippen LogP contribution in [0, 0.1) is 5.92 Å². The van der Waals surface area contributed by atoms with E-state index in [1.807, 2.05) is 38.1 Å². The summed E-state index contributed by atoms with van der Waals surface area (Å²) in [6, 6.07) is 10.4. The number of carbonyl (C=O) groups is 2. The number of amides is 2. The zero-order chi connectivity index (χ0) is 23.8. The van der Waals surface area contributed by atoms with Crippen molar-refractivity contribution < 1.29 is 22.8 Å². The van der Waals surface area contributed by atoms with Crippen LogP contribution in [0.3, 0.4) is 0 Å². The highest BCUT2D eigenvalue weighted by Gasteiger charge is 2.34. The van der Waals surface area contributed by atoms with Gasteiger partial charge in [-0.1, -0.05) is 26.0 Å². The predicted octanol–water partition coefficient (Wildman–Crippen LogP) is 5.29. The molecule has 2 heterocycles. The molecule has 2 amide bonds. The summed E-state index contributed by atoms with van der Waals surface area (Å²) in [5, 5.41) is 4.73. The molecule has 0 spiro atoms. The van der Waals surface area contributed by atoms with Gasteiger partial charge in [-0.3, -0.25) is 9.59 Å². The number of H-pyrrole nitrogens is 1. The van der Waals surface area contributed by atoms with Crippen LogP contribution >= 0.6 is 11.8 Å². The van der Waals surface area contributed by atoms with Crippen molar-refractivity contribution in [2.24, 2.45) is 5.92 Å². The maximum absolute atomic E-state index is 12.9. The van der Waals surface area contributed by atoms with Crippen molar-refractivity contribution in [3.05, 3.63) is 53.9 Å². The topological polar surface area (TPSA) is 86.9 Å². The first-order valence-corrected chi connectivity index (χ1v) is 11.4. The van der Waals surface area contributed by atoms with Crippen LogP contribution in [0.2, 0.25) is 0 Å². The van der Waals surface area contributed by atoms with Gasteiger partial charge in [0.15, 0.2) is 0 Å². The Bertz CT molecular complexity index is 1160. The van der Waals surface area contributed by atoms with Crippen LogP contribution in [0.5, 0.6) is 0 Å². The van der Waals surface area contributed by atoms with Crippen LogP contribution in [0.25, 0.3) is 11.0 Å². The molecule has 1 aliphatic heterocycles. The van der Waals surface area contributed by atoms with E-state index in [9.17, 15) is 22.8 Å². The molecule has 0 aliphatic carbocycles. The van der Waals surface area contributed by atoms with E-state index in [0.29, 0.717) is 17.1 Å². The zero-order valence-corrected chi connectivity index (χ0v) is 18.8. The van der Waals surface area contributed by atoms with Crippen molar-refractivity contribution in [2.45, 2.75) is 49.1 Å². The van der Waals surface area contributed by atoms with E-state index < -0.39 is 22.9 Å². The Kier molecular flexibility index (Phi) is 6.38. The quantitative estimate of drug-likeness (QED) is 0.451. The van der Waals surface area contributed by atoms with E-state index >= 15 is 0 Å². The number of aromatic amines is 1. The lowest BCUT2D eigenvalue weighted by Crippen LogP contribution is -2.37. The number of hydrogen-bond donors (Lipinski definition) is 3. The monoisotopic (exact) mass is 476 g/mol. The molecule has 0 radical (unpaired) electrons. The molecule has 10 heteroatoms. The first-order valence-electron chi connectivity index (χ1n) is 10.5. The van der Waals surface area contributed by atoms with Crippen LogP contribution in [-0.2, 0) is 15.8 Å². The van der Waals surface area contributed by atoms with E-state index in [1.54, 1.807) is 0 Å². The Balaban J connectivity index is 1.47. The SMILES string of the molecule is CC(C)C[C@H](NC(=O)C[C@@H]1Sc2ccc(C(F)(F)F)cc2NC1=O)c1nc2ccccc2[nH]1. The number of para-hydroxylation sites is 2. The van der Waals surface area contributed by atoms with Crippen molar-refractivity contribution >= 4 is 40.3 Å². The number of benzene rings is 2. The molecule has 0 saturated heterocycles. The summed E-state index contributed by atoms with van der Waals surface area (Å²) >= 11 is 1.09. The second kappa shape index (κ2) is 9.09. The lowest BCUT2D eigenvalue weighted by Gasteiger charge is -2.25. The molecule has 6 nitrogen and oxygen atoms in total. The van der Waals surface area contributed by atoms with Crippen LogP contribution in [0.4, 0.5) is 18.9 Å². The number of thioether (sulfide) groups is 1. The predicted molar refractivity (Wildman–Crippen MR) is 121 cm³/mol. The van der Waals surface area contributed by atoms with E-state index in [2.05, 4.69) is 20.6 Å². The van der Waals surface area contributed by atoms with Gasteiger partial charge in [0.2, 0.25) is 11.8 Å². The van der Waals surface area contributed by atoms with E-state index in [-0.39, 0.29) is 30.0 Å². The number of nitrogens with one attached hydrogen (secondary N) is 3. The number of nitrogens with zero attached hydrogens (tertiary/aromatic N) is 1. The van der Waals surface area contributed by atoms with Crippen molar-refractivity contribution in [2.75, 3.05) is 5.32 Å². The number of fused-ring (bicyclic) bond motifs is 2. The third-order valence-corrected chi connectivity index (χ3v) is 6.55. The number of imidazole rings is 1. The van der Waals surface area contributed by atoms with Gasteiger partial charge in [-0.2, -0.15) is 13.2 Å². The normalized spacial score (nSPS) is 17.0. The van der Waals surface area contributed by atoms with Crippen molar-refractivity contribution in [1.29, 1.82) is 0 Å². The van der Waals surface area contributed by atoms with Crippen LogP contribution in [0.1, 0.15) is 44.1 Å². The standard InChI is InChI=1S/C23H23F3N4O2S/c1-12(2)9-17(21-28-14-5-3-4-6-15(14)29-21)27-20(31)11-19-22(32)30-16-10-13(23(24,25)26)7-8-18(16)33-19/h3-8,10,12,17,19H,9,11H2,1-2H3,(H,27,31)(H,28,29)(H,30,32)/t17-,19-/m0/s1. The molecule has 0 unspecified atom stereocenters. The minimum absolute atomic E-state index is 0.105. The first kappa shape index (κ1) is 23.2. The van der Waals surface area contributed by atoms with Gasteiger partial charge in [0, 0.05) is 11.3 Å². The smallest absolute Gasteiger partial charge is 0.346 e. The van der Waals surface area contributed by atoms with Crippen molar-refractivity contribution in [3.63, 3.8) is 0 Å². The fourth-order valence-corrected chi connectivity index (χ4v) is 4.82.